The number of fused-ring (bicyclic) bond motifs is 1. The number of urea groups is 1. The van der Waals surface area contributed by atoms with E-state index in [4.69, 9.17) is 0 Å². The number of benzene rings is 1. The predicted molar refractivity (Wildman–Crippen MR) is 112 cm³/mol. The van der Waals surface area contributed by atoms with E-state index in [0.717, 1.165) is 15.8 Å². The number of anilines is 2. The van der Waals surface area contributed by atoms with Crippen LogP contribution in [0.15, 0.2) is 42.7 Å². The molecule has 0 saturated heterocycles. The molecule has 1 unspecified atom stereocenters. The third-order valence-electron chi connectivity index (χ3n) is 4.36. The lowest BCUT2D eigenvalue weighted by molar-refractivity contribution is 0.239. The van der Waals surface area contributed by atoms with Crippen LogP contribution in [0.4, 0.5) is 15.7 Å². The first kappa shape index (κ1) is 19.0. The summed E-state index contributed by atoms with van der Waals surface area (Å²) in [7, 11) is 0. The second kappa shape index (κ2) is 7.94. The summed E-state index contributed by atoms with van der Waals surface area (Å²) >= 11 is 1.42. The van der Waals surface area contributed by atoms with Crippen LogP contribution in [0.1, 0.15) is 18.5 Å². The topological polar surface area (TPSA) is 118 Å². The van der Waals surface area contributed by atoms with Gasteiger partial charge < -0.3 is 9.67 Å². The number of aryl methyl sites for hydroxylation is 1. The molecule has 1 atom stereocenters. The van der Waals surface area contributed by atoms with Gasteiger partial charge in [-0.3, -0.25) is 10.6 Å². The summed E-state index contributed by atoms with van der Waals surface area (Å²) in [5, 5.41) is 23.3. The lowest BCUT2D eigenvalue weighted by Crippen LogP contribution is -2.20. The molecule has 0 bridgehead atoms. The summed E-state index contributed by atoms with van der Waals surface area (Å²) in [5.74, 6) is 0.876. The van der Waals surface area contributed by atoms with E-state index in [9.17, 15) is 9.90 Å². The summed E-state index contributed by atoms with van der Waals surface area (Å²) in [6.45, 7) is 3.81. The van der Waals surface area contributed by atoms with Crippen molar-refractivity contribution in [2.75, 3.05) is 17.2 Å². The SMILES string of the molecule is Cc1cccc2nc(NC(=O)Nc3cccc(-c4nncn4C(C)CO)n3)sc12. The van der Waals surface area contributed by atoms with Gasteiger partial charge in [0.05, 0.1) is 22.9 Å². The standard InChI is InChI=1S/C19H19N7O2S/c1-11-5-3-6-13-16(11)29-19(22-13)24-18(28)23-15-8-4-7-14(21-15)17-25-20-10-26(17)12(2)9-27/h3-8,10,12,27H,9H2,1-2H3,(H2,21,22,23,24,28). The van der Waals surface area contributed by atoms with Gasteiger partial charge >= 0.3 is 6.03 Å². The Labute approximate surface area is 170 Å². The highest BCUT2D eigenvalue weighted by atomic mass is 32.1. The molecule has 2 amide bonds. The van der Waals surface area contributed by atoms with Gasteiger partial charge in [0.25, 0.3) is 0 Å². The predicted octanol–water partition coefficient (Wildman–Crippen LogP) is 3.46. The maximum absolute atomic E-state index is 12.4. The van der Waals surface area contributed by atoms with E-state index in [1.807, 2.05) is 32.0 Å². The molecule has 148 valence electrons. The van der Waals surface area contributed by atoms with E-state index in [1.54, 1.807) is 29.1 Å². The molecular formula is C19H19N7O2S. The molecule has 0 aliphatic rings. The zero-order valence-corrected chi connectivity index (χ0v) is 16.6. The van der Waals surface area contributed by atoms with Gasteiger partial charge in [-0.15, -0.1) is 10.2 Å². The Morgan fingerprint density at radius 3 is 2.83 bits per heavy atom. The molecule has 3 heterocycles. The summed E-state index contributed by atoms with van der Waals surface area (Å²) in [5.41, 5.74) is 2.50. The van der Waals surface area contributed by atoms with E-state index >= 15 is 0 Å². The monoisotopic (exact) mass is 409 g/mol. The number of aromatic nitrogens is 5. The van der Waals surface area contributed by atoms with Crippen LogP contribution in [0.2, 0.25) is 0 Å². The average molecular weight is 409 g/mol. The number of thiazole rings is 1. The Balaban J connectivity index is 1.51. The minimum absolute atomic E-state index is 0.0486. The minimum Gasteiger partial charge on any atom is -0.394 e. The lowest BCUT2D eigenvalue weighted by atomic mass is 10.2. The molecule has 3 N–H and O–H groups in total. The van der Waals surface area contributed by atoms with Crippen LogP contribution >= 0.6 is 11.3 Å². The highest BCUT2D eigenvalue weighted by Crippen LogP contribution is 2.28. The highest BCUT2D eigenvalue weighted by Gasteiger charge is 2.15. The van der Waals surface area contributed by atoms with Crippen LogP contribution < -0.4 is 10.6 Å². The van der Waals surface area contributed by atoms with Crippen LogP contribution in [0.3, 0.4) is 0 Å². The fraction of sp³-hybridized carbons (Fsp3) is 0.211. The van der Waals surface area contributed by atoms with Crippen LogP contribution in [0.25, 0.3) is 21.7 Å². The lowest BCUT2D eigenvalue weighted by Gasteiger charge is -2.12. The first-order chi connectivity index (χ1) is 14.0. The van der Waals surface area contributed by atoms with Crippen LogP contribution in [-0.4, -0.2) is 42.5 Å². The van der Waals surface area contributed by atoms with E-state index < -0.39 is 6.03 Å². The van der Waals surface area contributed by atoms with Crippen molar-refractivity contribution in [3.63, 3.8) is 0 Å². The number of aliphatic hydroxyl groups excluding tert-OH is 1. The van der Waals surface area contributed by atoms with E-state index in [1.165, 1.54) is 11.3 Å². The third kappa shape index (κ3) is 3.93. The molecule has 10 heteroatoms. The molecule has 0 fully saturated rings. The first-order valence-corrected chi connectivity index (χ1v) is 9.78. The van der Waals surface area contributed by atoms with Crippen molar-refractivity contribution in [2.24, 2.45) is 0 Å². The quantitative estimate of drug-likeness (QED) is 0.465. The van der Waals surface area contributed by atoms with Crippen molar-refractivity contribution in [1.82, 2.24) is 24.7 Å². The summed E-state index contributed by atoms with van der Waals surface area (Å²) < 4.78 is 2.77. The molecule has 1 aromatic carbocycles. The Morgan fingerprint density at radius 2 is 2.03 bits per heavy atom. The molecule has 3 aromatic heterocycles. The van der Waals surface area contributed by atoms with Gasteiger partial charge in [0.15, 0.2) is 11.0 Å². The normalized spacial score (nSPS) is 12.1. The van der Waals surface area contributed by atoms with Crippen LogP contribution in [0.5, 0.6) is 0 Å². The number of rotatable bonds is 5. The second-order valence-electron chi connectivity index (χ2n) is 6.52. The maximum Gasteiger partial charge on any atom is 0.326 e. The number of nitrogens with zero attached hydrogens (tertiary/aromatic N) is 5. The van der Waals surface area contributed by atoms with Crippen molar-refractivity contribution >= 4 is 38.5 Å². The Bertz CT molecular complexity index is 1170. The van der Waals surface area contributed by atoms with E-state index in [0.29, 0.717) is 22.5 Å². The highest BCUT2D eigenvalue weighted by molar-refractivity contribution is 7.22. The van der Waals surface area contributed by atoms with Crippen molar-refractivity contribution in [3.05, 3.63) is 48.3 Å². The molecule has 0 aliphatic carbocycles. The average Bonchev–Trinajstić information content (AvgIpc) is 3.35. The zero-order chi connectivity index (χ0) is 20.4. The molecule has 4 rings (SSSR count). The number of amides is 2. The Morgan fingerprint density at radius 1 is 1.21 bits per heavy atom. The van der Waals surface area contributed by atoms with Crippen molar-refractivity contribution < 1.29 is 9.90 Å². The van der Waals surface area contributed by atoms with Crippen molar-refractivity contribution in [3.8, 4) is 11.5 Å². The summed E-state index contributed by atoms with van der Waals surface area (Å²) in [6, 6.07) is 10.5. The molecule has 0 aliphatic heterocycles. The fourth-order valence-corrected chi connectivity index (χ4v) is 3.78. The van der Waals surface area contributed by atoms with Crippen molar-refractivity contribution in [1.29, 1.82) is 0 Å². The number of carbonyl (C=O) groups excluding carboxylic acids is 1. The Kier molecular flexibility index (Phi) is 5.19. The zero-order valence-electron chi connectivity index (χ0n) is 15.8. The third-order valence-corrected chi connectivity index (χ3v) is 5.49. The number of pyridine rings is 1. The van der Waals surface area contributed by atoms with Gasteiger partial charge in [-0.2, -0.15) is 0 Å². The first-order valence-electron chi connectivity index (χ1n) is 8.97. The van der Waals surface area contributed by atoms with Gasteiger partial charge in [-0.1, -0.05) is 29.5 Å². The fourth-order valence-electron chi connectivity index (χ4n) is 2.85. The van der Waals surface area contributed by atoms with E-state index in [-0.39, 0.29) is 12.6 Å². The van der Waals surface area contributed by atoms with Crippen molar-refractivity contribution in [2.45, 2.75) is 19.9 Å². The number of aliphatic hydroxyl groups is 1. The van der Waals surface area contributed by atoms with Gasteiger partial charge in [-0.25, -0.2) is 14.8 Å². The van der Waals surface area contributed by atoms with Gasteiger partial charge in [0.1, 0.15) is 17.8 Å². The second-order valence-corrected chi connectivity index (χ2v) is 7.52. The molecule has 29 heavy (non-hydrogen) atoms. The molecule has 9 nitrogen and oxygen atoms in total. The molecular weight excluding hydrogens is 390 g/mol. The van der Waals surface area contributed by atoms with Gasteiger partial charge in [0.2, 0.25) is 0 Å². The molecule has 0 spiro atoms. The number of hydrogen-bond donors (Lipinski definition) is 3. The smallest absolute Gasteiger partial charge is 0.326 e. The van der Waals surface area contributed by atoms with Gasteiger partial charge in [0, 0.05) is 0 Å². The van der Waals surface area contributed by atoms with Gasteiger partial charge in [-0.05, 0) is 37.6 Å². The summed E-state index contributed by atoms with van der Waals surface area (Å²) in [6.07, 6.45) is 1.54. The largest absolute Gasteiger partial charge is 0.394 e. The number of nitrogens with one attached hydrogen (secondary N) is 2. The number of hydrogen-bond acceptors (Lipinski definition) is 7. The molecule has 0 saturated carbocycles. The summed E-state index contributed by atoms with van der Waals surface area (Å²) in [4.78, 5) is 21.3. The van der Waals surface area contributed by atoms with E-state index in [2.05, 4.69) is 30.8 Å². The maximum atomic E-state index is 12.4. The van der Waals surface area contributed by atoms with Crippen LogP contribution in [0, 0.1) is 6.92 Å². The van der Waals surface area contributed by atoms with Crippen LogP contribution in [-0.2, 0) is 0 Å². The minimum atomic E-state index is -0.434. The number of carbonyl (C=O) groups is 1. The Hall–Kier alpha value is -3.37. The molecule has 0 radical (unpaired) electrons. The molecule has 4 aromatic rings.